The summed E-state index contributed by atoms with van der Waals surface area (Å²) >= 11 is 1.45. The van der Waals surface area contributed by atoms with Crippen LogP contribution < -0.4 is 11.1 Å². The van der Waals surface area contributed by atoms with E-state index in [4.69, 9.17) is 5.73 Å². The Balaban J connectivity index is 2.77. The van der Waals surface area contributed by atoms with Crippen LogP contribution in [0.4, 0.5) is 5.13 Å². The van der Waals surface area contributed by atoms with Gasteiger partial charge in [0.05, 0.1) is 11.1 Å². The van der Waals surface area contributed by atoms with Gasteiger partial charge >= 0.3 is 0 Å². The molecule has 4 nitrogen and oxygen atoms in total. The summed E-state index contributed by atoms with van der Waals surface area (Å²) in [5.74, 6) is -0.0881. The van der Waals surface area contributed by atoms with Crippen molar-refractivity contribution in [2.75, 3.05) is 11.9 Å². The van der Waals surface area contributed by atoms with E-state index in [-0.39, 0.29) is 11.3 Å². The standard InChI is InChI=1S/C12H21N3OS/c1-11(2,3)8-6-17-10(14-8)15-9(16)12(4,5)7-13/h6H,7,13H2,1-5H3,(H,14,15,16). The maximum Gasteiger partial charge on any atom is 0.233 e. The fourth-order valence-corrected chi connectivity index (χ4v) is 1.97. The summed E-state index contributed by atoms with van der Waals surface area (Å²) in [5, 5.41) is 5.43. The molecule has 96 valence electrons. The topological polar surface area (TPSA) is 68.0 Å². The van der Waals surface area contributed by atoms with Crippen molar-refractivity contribution >= 4 is 22.4 Å². The number of hydrogen-bond donors (Lipinski definition) is 2. The highest BCUT2D eigenvalue weighted by molar-refractivity contribution is 7.13. The monoisotopic (exact) mass is 255 g/mol. The number of anilines is 1. The summed E-state index contributed by atoms with van der Waals surface area (Å²) in [7, 11) is 0. The van der Waals surface area contributed by atoms with Crippen LogP contribution in [0.25, 0.3) is 0 Å². The second kappa shape index (κ2) is 4.74. The minimum atomic E-state index is -0.562. The second-order valence-corrected chi connectivity index (χ2v) is 6.69. The summed E-state index contributed by atoms with van der Waals surface area (Å²) in [6, 6.07) is 0. The molecule has 0 atom stereocenters. The Hall–Kier alpha value is -0.940. The van der Waals surface area contributed by atoms with Gasteiger partial charge in [-0.1, -0.05) is 20.8 Å². The number of hydrogen-bond acceptors (Lipinski definition) is 4. The van der Waals surface area contributed by atoms with Crippen molar-refractivity contribution in [2.45, 2.75) is 40.0 Å². The Morgan fingerprint density at radius 3 is 2.41 bits per heavy atom. The molecule has 3 N–H and O–H groups in total. The number of nitrogens with two attached hydrogens (primary N) is 1. The van der Waals surface area contributed by atoms with Crippen LogP contribution in [0, 0.1) is 5.41 Å². The lowest BCUT2D eigenvalue weighted by molar-refractivity contribution is -0.123. The molecule has 0 fully saturated rings. The van der Waals surface area contributed by atoms with Crippen LogP contribution in [0.15, 0.2) is 5.38 Å². The quantitative estimate of drug-likeness (QED) is 0.871. The number of carbonyl (C=O) groups is 1. The van der Waals surface area contributed by atoms with Crippen molar-refractivity contribution in [3.05, 3.63) is 11.1 Å². The molecule has 5 heteroatoms. The van der Waals surface area contributed by atoms with Crippen LogP contribution in [0.2, 0.25) is 0 Å². The molecular weight excluding hydrogens is 234 g/mol. The molecule has 1 heterocycles. The van der Waals surface area contributed by atoms with Crippen LogP contribution in [0.5, 0.6) is 0 Å². The van der Waals surface area contributed by atoms with Gasteiger partial charge in [0.2, 0.25) is 5.91 Å². The summed E-state index contributed by atoms with van der Waals surface area (Å²) in [6.45, 7) is 10.2. The first-order valence-corrected chi connectivity index (χ1v) is 6.52. The fourth-order valence-electron chi connectivity index (χ4n) is 1.03. The first-order valence-electron chi connectivity index (χ1n) is 5.64. The van der Waals surface area contributed by atoms with Crippen LogP contribution in [0.1, 0.15) is 40.3 Å². The van der Waals surface area contributed by atoms with Gasteiger partial charge in [-0.15, -0.1) is 11.3 Å². The molecule has 0 saturated heterocycles. The predicted octanol–water partition coefficient (Wildman–Crippen LogP) is 2.36. The van der Waals surface area contributed by atoms with E-state index in [9.17, 15) is 4.79 Å². The Kier molecular flexibility index (Phi) is 3.94. The third kappa shape index (κ3) is 3.51. The molecule has 1 aromatic heterocycles. The molecule has 0 bridgehead atoms. The van der Waals surface area contributed by atoms with E-state index in [2.05, 4.69) is 31.1 Å². The molecule has 1 aromatic rings. The van der Waals surface area contributed by atoms with Crippen molar-refractivity contribution in [2.24, 2.45) is 11.1 Å². The molecule has 0 aliphatic heterocycles. The molecule has 1 amide bonds. The van der Waals surface area contributed by atoms with E-state index in [1.54, 1.807) is 0 Å². The zero-order valence-corrected chi connectivity index (χ0v) is 11.9. The number of carbonyl (C=O) groups excluding carboxylic acids is 1. The molecule has 17 heavy (non-hydrogen) atoms. The minimum absolute atomic E-state index is 0.00284. The number of nitrogens with zero attached hydrogens (tertiary/aromatic N) is 1. The van der Waals surface area contributed by atoms with Gasteiger partial charge in [-0.3, -0.25) is 4.79 Å². The fraction of sp³-hybridized carbons (Fsp3) is 0.667. The highest BCUT2D eigenvalue weighted by atomic mass is 32.1. The normalized spacial score (nSPS) is 12.6. The van der Waals surface area contributed by atoms with Crippen molar-refractivity contribution in [3.63, 3.8) is 0 Å². The Bertz CT molecular complexity index is 404. The third-order valence-electron chi connectivity index (χ3n) is 2.62. The van der Waals surface area contributed by atoms with E-state index >= 15 is 0 Å². The zero-order chi connectivity index (χ0) is 13.3. The molecular formula is C12H21N3OS. The van der Waals surface area contributed by atoms with Gasteiger partial charge in [0, 0.05) is 17.3 Å². The molecule has 0 radical (unpaired) electrons. The Morgan fingerprint density at radius 1 is 1.41 bits per heavy atom. The van der Waals surface area contributed by atoms with Gasteiger partial charge in [0.1, 0.15) is 0 Å². The third-order valence-corrected chi connectivity index (χ3v) is 3.38. The molecule has 0 aliphatic carbocycles. The van der Waals surface area contributed by atoms with Gasteiger partial charge in [-0.2, -0.15) is 0 Å². The maximum absolute atomic E-state index is 11.9. The van der Waals surface area contributed by atoms with E-state index < -0.39 is 5.41 Å². The van der Waals surface area contributed by atoms with E-state index in [0.29, 0.717) is 11.7 Å². The molecule has 0 aliphatic rings. The smallest absolute Gasteiger partial charge is 0.233 e. The second-order valence-electron chi connectivity index (χ2n) is 5.83. The molecule has 0 spiro atoms. The minimum Gasteiger partial charge on any atom is -0.329 e. The van der Waals surface area contributed by atoms with Crippen LogP contribution in [0.3, 0.4) is 0 Å². The van der Waals surface area contributed by atoms with E-state index in [0.717, 1.165) is 5.69 Å². The Morgan fingerprint density at radius 2 is 2.00 bits per heavy atom. The van der Waals surface area contributed by atoms with Gasteiger partial charge < -0.3 is 11.1 Å². The average Bonchev–Trinajstić information content (AvgIpc) is 2.65. The lowest BCUT2D eigenvalue weighted by Crippen LogP contribution is -2.37. The number of nitrogens with one attached hydrogen (secondary N) is 1. The highest BCUT2D eigenvalue weighted by Gasteiger charge is 2.27. The molecule has 0 unspecified atom stereocenters. The molecule has 1 rings (SSSR count). The summed E-state index contributed by atoms with van der Waals surface area (Å²) in [4.78, 5) is 16.3. The summed E-state index contributed by atoms with van der Waals surface area (Å²) in [5.41, 5.74) is 5.99. The number of rotatable bonds is 3. The van der Waals surface area contributed by atoms with E-state index in [1.165, 1.54) is 11.3 Å². The van der Waals surface area contributed by atoms with Crippen LogP contribution >= 0.6 is 11.3 Å². The maximum atomic E-state index is 11.9. The Labute approximate surface area is 107 Å². The summed E-state index contributed by atoms with van der Waals surface area (Å²) in [6.07, 6.45) is 0. The highest BCUT2D eigenvalue weighted by Crippen LogP contribution is 2.27. The largest absolute Gasteiger partial charge is 0.329 e. The predicted molar refractivity (Wildman–Crippen MR) is 72.3 cm³/mol. The summed E-state index contributed by atoms with van der Waals surface area (Å²) < 4.78 is 0. The van der Waals surface area contributed by atoms with E-state index in [1.807, 2.05) is 19.2 Å². The molecule has 0 aromatic carbocycles. The number of amides is 1. The van der Waals surface area contributed by atoms with Gasteiger partial charge in [0.25, 0.3) is 0 Å². The van der Waals surface area contributed by atoms with Crippen LogP contribution in [-0.2, 0) is 10.2 Å². The van der Waals surface area contributed by atoms with Gasteiger partial charge in [-0.25, -0.2) is 4.98 Å². The lowest BCUT2D eigenvalue weighted by atomic mass is 9.93. The molecule has 0 saturated carbocycles. The SMILES string of the molecule is CC(C)(CN)C(=O)Nc1nc(C(C)(C)C)cs1. The van der Waals surface area contributed by atoms with Gasteiger partial charge in [-0.05, 0) is 13.8 Å². The zero-order valence-electron chi connectivity index (χ0n) is 11.1. The van der Waals surface area contributed by atoms with Gasteiger partial charge in [0.15, 0.2) is 5.13 Å². The van der Waals surface area contributed by atoms with Crippen LogP contribution in [-0.4, -0.2) is 17.4 Å². The average molecular weight is 255 g/mol. The van der Waals surface area contributed by atoms with Crippen molar-refractivity contribution in [1.82, 2.24) is 4.98 Å². The first-order chi connectivity index (χ1) is 7.66. The first kappa shape index (κ1) is 14.1. The lowest BCUT2D eigenvalue weighted by Gasteiger charge is -2.20. The number of thiazole rings is 1. The van der Waals surface area contributed by atoms with Crippen molar-refractivity contribution in [1.29, 1.82) is 0 Å². The number of aromatic nitrogens is 1. The van der Waals surface area contributed by atoms with Crippen molar-refractivity contribution < 1.29 is 4.79 Å². The van der Waals surface area contributed by atoms with Crippen molar-refractivity contribution in [3.8, 4) is 0 Å².